The van der Waals surface area contributed by atoms with Crippen LogP contribution < -0.4 is 0 Å². The van der Waals surface area contributed by atoms with Gasteiger partial charge in [-0.15, -0.1) is 0 Å². The van der Waals surface area contributed by atoms with E-state index in [-0.39, 0.29) is 18.3 Å². The average Bonchev–Trinajstić information content (AvgIpc) is 2.40. The summed E-state index contributed by atoms with van der Waals surface area (Å²) >= 11 is 0. The first-order valence-corrected chi connectivity index (χ1v) is 7.84. The molecule has 0 heterocycles. The monoisotopic (exact) mass is 294 g/mol. The first-order valence-electron chi connectivity index (χ1n) is 7.84. The summed E-state index contributed by atoms with van der Waals surface area (Å²) in [6.45, 7) is 14.1. The van der Waals surface area contributed by atoms with Gasteiger partial charge < -0.3 is 14.2 Å². The Kier molecular flexibility index (Phi) is 7.94. The van der Waals surface area contributed by atoms with Gasteiger partial charge >= 0.3 is 0 Å². The maximum absolute atomic E-state index is 5.81. The topological polar surface area (TPSA) is 27.7 Å². The van der Waals surface area contributed by atoms with Crippen molar-refractivity contribution in [2.24, 2.45) is 0 Å². The van der Waals surface area contributed by atoms with Crippen molar-refractivity contribution >= 4 is 0 Å². The van der Waals surface area contributed by atoms with E-state index in [1.165, 1.54) is 16.7 Å². The van der Waals surface area contributed by atoms with Crippen LogP contribution in [0.3, 0.4) is 0 Å². The standard InChI is InChI=1S/C18H30O3/c1-13(2)19-10-16-8-7-9-17(11-20-14(3)4)18(16)12-21-15(5)6/h7-9,13-15H,10-12H2,1-6H3. The molecule has 0 saturated carbocycles. The van der Waals surface area contributed by atoms with Crippen LogP contribution in [0.2, 0.25) is 0 Å². The molecule has 0 atom stereocenters. The highest BCUT2D eigenvalue weighted by Gasteiger charge is 2.11. The molecule has 0 N–H and O–H groups in total. The zero-order valence-corrected chi connectivity index (χ0v) is 14.3. The Labute approximate surface area is 129 Å². The molecule has 3 nitrogen and oxygen atoms in total. The minimum atomic E-state index is 0.211. The lowest BCUT2D eigenvalue weighted by molar-refractivity contribution is 0.0471. The lowest BCUT2D eigenvalue weighted by Gasteiger charge is -2.18. The van der Waals surface area contributed by atoms with Gasteiger partial charge in [-0.3, -0.25) is 0 Å². The fraction of sp³-hybridized carbons (Fsp3) is 0.667. The molecule has 0 bridgehead atoms. The minimum absolute atomic E-state index is 0.211. The molecule has 0 aliphatic heterocycles. The van der Waals surface area contributed by atoms with E-state index in [9.17, 15) is 0 Å². The van der Waals surface area contributed by atoms with Gasteiger partial charge in [0, 0.05) is 0 Å². The molecule has 0 unspecified atom stereocenters. The fourth-order valence-corrected chi connectivity index (χ4v) is 1.91. The Balaban J connectivity index is 2.90. The van der Waals surface area contributed by atoms with Crippen molar-refractivity contribution in [2.45, 2.75) is 79.7 Å². The molecule has 0 aliphatic rings. The smallest absolute Gasteiger partial charge is 0.0727 e. The molecular formula is C18H30O3. The third kappa shape index (κ3) is 7.07. The summed E-state index contributed by atoms with van der Waals surface area (Å²) in [7, 11) is 0. The molecule has 0 amide bonds. The van der Waals surface area contributed by atoms with Gasteiger partial charge in [0.15, 0.2) is 0 Å². The van der Waals surface area contributed by atoms with Crippen molar-refractivity contribution in [3.05, 3.63) is 34.9 Å². The van der Waals surface area contributed by atoms with Gasteiger partial charge in [0.25, 0.3) is 0 Å². The molecule has 3 heteroatoms. The first-order chi connectivity index (χ1) is 9.90. The highest BCUT2D eigenvalue weighted by molar-refractivity contribution is 5.34. The van der Waals surface area contributed by atoms with Gasteiger partial charge in [-0.05, 0) is 58.2 Å². The molecule has 0 radical (unpaired) electrons. The van der Waals surface area contributed by atoms with Crippen molar-refractivity contribution in [3.63, 3.8) is 0 Å². The van der Waals surface area contributed by atoms with E-state index in [2.05, 4.69) is 59.7 Å². The van der Waals surface area contributed by atoms with Crippen molar-refractivity contribution in [3.8, 4) is 0 Å². The van der Waals surface area contributed by atoms with E-state index in [0.717, 1.165) is 0 Å². The molecule has 1 aromatic carbocycles. The molecule has 0 aromatic heterocycles. The lowest BCUT2D eigenvalue weighted by Crippen LogP contribution is -2.11. The van der Waals surface area contributed by atoms with E-state index >= 15 is 0 Å². The molecule has 120 valence electrons. The van der Waals surface area contributed by atoms with Crippen LogP contribution in [0.4, 0.5) is 0 Å². The number of hydrogen-bond donors (Lipinski definition) is 0. The van der Waals surface area contributed by atoms with Crippen LogP contribution in [-0.4, -0.2) is 18.3 Å². The largest absolute Gasteiger partial charge is 0.374 e. The number of hydrogen-bond acceptors (Lipinski definition) is 3. The van der Waals surface area contributed by atoms with E-state index in [1.54, 1.807) is 0 Å². The zero-order valence-electron chi connectivity index (χ0n) is 14.3. The van der Waals surface area contributed by atoms with E-state index in [1.807, 2.05) is 0 Å². The Morgan fingerprint density at radius 1 is 0.667 bits per heavy atom. The van der Waals surface area contributed by atoms with Crippen molar-refractivity contribution < 1.29 is 14.2 Å². The van der Waals surface area contributed by atoms with Crippen LogP contribution in [0.5, 0.6) is 0 Å². The number of rotatable bonds is 9. The lowest BCUT2D eigenvalue weighted by atomic mass is 10.0. The summed E-state index contributed by atoms with van der Waals surface area (Å²) in [5, 5.41) is 0. The molecule has 0 spiro atoms. The fourth-order valence-electron chi connectivity index (χ4n) is 1.91. The van der Waals surface area contributed by atoms with Gasteiger partial charge in [0.05, 0.1) is 38.1 Å². The third-order valence-electron chi connectivity index (χ3n) is 3.08. The zero-order chi connectivity index (χ0) is 15.8. The maximum atomic E-state index is 5.81. The van der Waals surface area contributed by atoms with Crippen LogP contribution in [0.15, 0.2) is 18.2 Å². The van der Waals surface area contributed by atoms with Crippen molar-refractivity contribution in [2.75, 3.05) is 0 Å². The van der Waals surface area contributed by atoms with Gasteiger partial charge in [0.2, 0.25) is 0 Å². The minimum Gasteiger partial charge on any atom is -0.374 e. The summed E-state index contributed by atoms with van der Waals surface area (Å²) < 4.78 is 17.3. The van der Waals surface area contributed by atoms with Crippen LogP contribution in [0.25, 0.3) is 0 Å². The highest BCUT2D eigenvalue weighted by atomic mass is 16.5. The van der Waals surface area contributed by atoms with Gasteiger partial charge in [-0.25, -0.2) is 0 Å². The molecule has 1 aromatic rings. The molecule has 0 aliphatic carbocycles. The molecular weight excluding hydrogens is 264 g/mol. The number of ether oxygens (including phenoxy) is 3. The highest BCUT2D eigenvalue weighted by Crippen LogP contribution is 2.20. The van der Waals surface area contributed by atoms with Crippen molar-refractivity contribution in [1.29, 1.82) is 0 Å². The second-order valence-corrected chi connectivity index (χ2v) is 6.13. The summed E-state index contributed by atoms with van der Waals surface area (Å²) in [6.07, 6.45) is 0.654. The quantitative estimate of drug-likeness (QED) is 0.673. The van der Waals surface area contributed by atoms with E-state index < -0.39 is 0 Å². The van der Waals surface area contributed by atoms with Crippen LogP contribution >= 0.6 is 0 Å². The number of benzene rings is 1. The van der Waals surface area contributed by atoms with E-state index in [0.29, 0.717) is 19.8 Å². The van der Waals surface area contributed by atoms with Gasteiger partial charge in [-0.2, -0.15) is 0 Å². The summed E-state index contributed by atoms with van der Waals surface area (Å²) in [5.74, 6) is 0. The van der Waals surface area contributed by atoms with Gasteiger partial charge in [-0.1, -0.05) is 18.2 Å². The molecule has 1 rings (SSSR count). The van der Waals surface area contributed by atoms with Crippen LogP contribution in [-0.2, 0) is 34.0 Å². The Bertz CT molecular complexity index is 381. The second kappa shape index (κ2) is 9.19. The summed E-state index contributed by atoms with van der Waals surface area (Å²) in [5.41, 5.74) is 3.58. The Hall–Kier alpha value is -0.900. The molecule has 21 heavy (non-hydrogen) atoms. The van der Waals surface area contributed by atoms with Crippen molar-refractivity contribution in [1.82, 2.24) is 0 Å². The van der Waals surface area contributed by atoms with Gasteiger partial charge in [0.1, 0.15) is 0 Å². The summed E-state index contributed by atoms with van der Waals surface area (Å²) in [6, 6.07) is 6.29. The normalized spacial score (nSPS) is 11.9. The first kappa shape index (κ1) is 18.1. The predicted octanol–water partition coefficient (Wildman–Crippen LogP) is 4.46. The van der Waals surface area contributed by atoms with E-state index in [4.69, 9.17) is 14.2 Å². The molecule has 0 fully saturated rings. The third-order valence-corrected chi connectivity index (χ3v) is 3.08. The predicted molar refractivity (Wildman–Crippen MR) is 86.2 cm³/mol. The van der Waals surface area contributed by atoms with Crippen LogP contribution in [0.1, 0.15) is 58.2 Å². The van der Waals surface area contributed by atoms with Crippen LogP contribution in [0, 0.1) is 0 Å². The molecule has 0 saturated heterocycles. The average molecular weight is 294 g/mol. The Morgan fingerprint density at radius 3 is 1.43 bits per heavy atom. The Morgan fingerprint density at radius 2 is 1.05 bits per heavy atom. The maximum Gasteiger partial charge on any atom is 0.0727 e. The summed E-state index contributed by atoms with van der Waals surface area (Å²) in [4.78, 5) is 0. The second-order valence-electron chi connectivity index (χ2n) is 6.13. The SMILES string of the molecule is CC(C)OCc1cccc(COC(C)C)c1COC(C)C.